The molecule has 1 aliphatic rings. The Balaban J connectivity index is 1.16. The summed E-state index contributed by atoms with van der Waals surface area (Å²) < 4.78 is 10.2. The van der Waals surface area contributed by atoms with Crippen LogP contribution in [0.4, 0.5) is 10.5 Å². The van der Waals surface area contributed by atoms with Crippen LogP contribution < -0.4 is 15.4 Å². The fraction of sp³-hybridized carbons (Fsp3) is 0.267. The number of para-hydroxylation sites is 1. The number of nitrogens with one attached hydrogen (secondary N) is 2. The first-order valence-corrected chi connectivity index (χ1v) is 13.2. The second-order valence-electron chi connectivity index (χ2n) is 10.2. The maximum absolute atomic E-state index is 13.0. The van der Waals surface area contributed by atoms with Gasteiger partial charge >= 0.3 is 6.03 Å². The largest absolute Gasteiger partial charge is 0.484 e. The number of aromatic nitrogens is 5. The van der Waals surface area contributed by atoms with Crippen molar-refractivity contribution >= 4 is 17.4 Å². The van der Waals surface area contributed by atoms with Crippen molar-refractivity contribution in [3.8, 4) is 11.4 Å². The van der Waals surface area contributed by atoms with E-state index in [2.05, 4.69) is 51.9 Å². The highest BCUT2D eigenvalue weighted by atomic mass is 16.5. The molecular formula is C30H31N7O2. The van der Waals surface area contributed by atoms with Gasteiger partial charge in [0.05, 0.1) is 36.0 Å². The minimum atomic E-state index is -0.266. The van der Waals surface area contributed by atoms with Crippen LogP contribution in [-0.4, -0.2) is 30.4 Å². The van der Waals surface area contributed by atoms with Crippen LogP contribution in [-0.2, 0) is 0 Å². The normalized spacial score (nSPS) is 16.7. The van der Waals surface area contributed by atoms with E-state index in [4.69, 9.17) is 4.74 Å². The van der Waals surface area contributed by atoms with E-state index in [9.17, 15) is 4.79 Å². The van der Waals surface area contributed by atoms with E-state index in [-0.39, 0.29) is 24.1 Å². The van der Waals surface area contributed by atoms with Gasteiger partial charge in [0.15, 0.2) is 5.65 Å². The van der Waals surface area contributed by atoms with E-state index >= 15 is 0 Å². The van der Waals surface area contributed by atoms with Crippen LogP contribution in [0, 0.1) is 6.92 Å². The van der Waals surface area contributed by atoms with Crippen LogP contribution in [0.5, 0.6) is 5.75 Å². The van der Waals surface area contributed by atoms with Crippen molar-refractivity contribution in [2.45, 2.75) is 51.7 Å². The number of hydrogen-bond acceptors (Lipinski definition) is 5. The molecule has 0 unspecified atom stereocenters. The predicted molar refractivity (Wildman–Crippen MR) is 149 cm³/mol. The Hall–Kier alpha value is -4.66. The topological polar surface area (TPSA) is 98.4 Å². The number of nitrogens with zero attached hydrogens (tertiary/aromatic N) is 5. The zero-order chi connectivity index (χ0) is 26.9. The average Bonchev–Trinajstić information content (AvgIpc) is 3.57. The van der Waals surface area contributed by atoms with E-state index in [0.29, 0.717) is 5.69 Å². The van der Waals surface area contributed by atoms with Crippen molar-refractivity contribution in [1.82, 2.24) is 29.7 Å². The second kappa shape index (κ2) is 10.2. The first-order valence-electron chi connectivity index (χ1n) is 13.2. The van der Waals surface area contributed by atoms with Crippen molar-refractivity contribution in [2.24, 2.45) is 0 Å². The standard InChI is InChI=1S/C30H31N7O2/c1-19(2)29-35-34-28-15-12-22(18-36(28)29)39-27-14-13-25(23-9-5-6-10-24(23)27)33-30(38)32-21-16-31-37(17-21)26-11-7-4-8-20(26)3/h4-12,15-19,25,27H,13-14H2,1-3H3,(H2,32,33,38)/t25-,27-/m0/s1. The molecule has 9 nitrogen and oxygen atoms in total. The highest BCUT2D eigenvalue weighted by molar-refractivity contribution is 5.89. The third kappa shape index (κ3) is 4.95. The van der Waals surface area contributed by atoms with E-state index in [1.54, 1.807) is 10.9 Å². The van der Waals surface area contributed by atoms with Crippen LogP contribution in [0.15, 0.2) is 79.3 Å². The molecule has 0 bridgehead atoms. The molecule has 2 N–H and O–H groups in total. The number of urea groups is 1. The number of fused-ring (bicyclic) bond motifs is 2. The van der Waals surface area contributed by atoms with Crippen LogP contribution in [0.25, 0.3) is 11.3 Å². The van der Waals surface area contributed by atoms with Gasteiger partial charge in [0.1, 0.15) is 17.7 Å². The molecular weight excluding hydrogens is 490 g/mol. The maximum Gasteiger partial charge on any atom is 0.319 e. The summed E-state index contributed by atoms with van der Waals surface area (Å²) in [6.45, 7) is 6.23. The number of anilines is 1. The van der Waals surface area contributed by atoms with Gasteiger partial charge in [0, 0.05) is 5.92 Å². The van der Waals surface area contributed by atoms with Crippen LogP contribution in [0.1, 0.15) is 67.3 Å². The smallest absolute Gasteiger partial charge is 0.319 e. The number of carbonyl (C=O) groups excluding carboxylic acids is 1. The molecule has 2 amide bonds. The van der Waals surface area contributed by atoms with E-state index in [1.807, 2.05) is 72.2 Å². The molecule has 3 heterocycles. The highest BCUT2D eigenvalue weighted by Gasteiger charge is 2.29. The Labute approximate surface area is 226 Å². The van der Waals surface area contributed by atoms with Gasteiger partial charge in [-0.05, 0) is 54.7 Å². The molecule has 6 rings (SSSR count). The molecule has 9 heteroatoms. The Kier molecular flexibility index (Phi) is 6.48. The molecule has 39 heavy (non-hydrogen) atoms. The lowest BCUT2D eigenvalue weighted by atomic mass is 9.85. The summed E-state index contributed by atoms with van der Waals surface area (Å²) in [5.74, 6) is 1.92. The number of rotatable bonds is 6. The Morgan fingerprint density at radius 1 is 0.974 bits per heavy atom. The molecule has 198 valence electrons. The molecule has 0 aliphatic heterocycles. The molecule has 1 aliphatic carbocycles. The predicted octanol–water partition coefficient (Wildman–Crippen LogP) is 6.12. The second-order valence-corrected chi connectivity index (χ2v) is 10.2. The van der Waals surface area contributed by atoms with Gasteiger partial charge < -0.3 is 15.4 Å². The number of amides is 2. The molecule has 0 saturated carbocycles. The van der Waals surface area contributed by atoms with Gasteiger partial charge in [-0.25, -0.2) is 9.48 Å². The van der Waals surface area contributed by atoms with E-state index in [1.165, 1.54) is 0 Å². The fourth-order valence-corrected chi connectivity index (χ4v) is 5.20. The SMILES string of the molecule is Cc1ccccc1-n1cc(NC(=O)N[C@H]2CC[C@H](Oc3ccc4nnc(C(C)C)n4c3)c3ccccc32)cn1. The monoisotopic (exact) mass is 521 g/mol. The molecule has 5 aromatic rings. The summed E-state index contributed by atoms with van der Waals surface area (Å²) in [5, 5.41) is 19.1. The number of carbonyl (C=O) groups is 1. The van der Waals surface area contributed by atoms with Crippen LogP contribution in [0.2, 0.25) is 0 Å². The van der Waals surface area contributed by atoms with Crippen LogP contribution >= 0.6 is 0 Å². The van der Waals surface area contributed by atoms with Gasteiger partial charge in [0.2, 0.25) is 0 Å². The zero-order valence-corrected chi connectivity index (χ0v) is 22.2. The number of hydrogen-bond donors (Lipinski definition) is 2. The number of pyridine rings is 1. The average molecular weight is 522 g/mol. The molecule has 0 fully saturated rings. The maximum atomic E-state index is 13.0. The van der Waals surface area contributed by atoms with Crippen LogP contribution in [0.3, 0.4) is 0 Å². The molecule has 3 aromatic heterocycles. The summed E-state index contributed by atoms with van der Waals surface area (Å²) in [6, 6.07) is 19.6. The molecule has 0 radical (unpaired) electrons. The Bertz CT molecular complexity index is 1640. The van der Waals surface area contributed by atoms with Gasteiger partial charge in [-0.1, -0.05) is 56.3 Å². The first-order chi connectivity index (χ1) is 19.0. The molecule has 2 aromatic carbocycles. The summed E-state index contributed by atoms with van der Waals surface area (Å²) in [6.07, 6.45) is 6.84. The van der Waals surface area contributed by atoms with Gasteiger partial charge in [-0.2, -0.15) is 5.10 Å². The lowest BCUT2D eigenvalue weighted by Crippen LogP contribution is -2.35. The minimum Gasteiger partial charge on any atom is -0.484 e. The van der Waals surface area contributed by atoms with E-state index in [0.717, 1.165) is 52.4 Å². The third-order valence-corrected chi connectivity index (χ3v) is 7.14. The molecule has 0 saturated heterocycles. The van der Waals surface area contributed by atoms with E-state index < -0.39 is 0 Å². The van der Waals surface area contributed by atoms with Crippen molar-refractivity contribution in [3.63, 3.8) is 0 Å². The molecule has 0 spiro atoms. The van der Waals surface area contributed by atoms with Crippen molar-refractivity contribution < 1.29 is 9.53 Å². The number of ether oxygens (including phenoxy) is 1. The first kappa shape index (κ1) is 24.7. The van der Waals surface area contributed by atoms with Gasteiger partial charge in [0.25, 0.3) is 0 Å². The number of benzene rings is 2. The summed E-state index contributed by atoms with van der Waals surface area (Å²) in [5.41, 5.74) is 5.65. The summed E-state index contributed by atoms with van der Waals surface area (Å²) in [4.78, 5) is 13.0. The number of aryl methyl sites for hydroxylation is 1. The highest BCUT2D eigenvalue weighted by Crippen LogP contribution is 2.39. The lowest BCUT2D eigenvalue weighted by Gasteiger charge is -2.32. The Morgan fingerprint density at radius 2 is 1.77 bits per heavy atom. The summed E-state index contributed by atoms with van der Waals surface area (Å²) in [7, 11) is 0. The van der Waals surface area contributed by atoms with Crippen molar-refractivity contribution in [2.75, 3.05) is 5.32 Å². The van der Waals surface area contributed by atoms with Gasteiger partial charge in [-0.15, -0.1) is 10.2 Å². The lowest BCUT2D eigenvalue weighted by molar-refractivity contribution is 0.171. The fourth-order valence-electron chi connectivity index (χ4n) is 5.20. The third-order valence-electron chi connectivity index (χ3n) is 7.14. The zero-order valence-electron chi connectivity index (χ0n) is 22.2. The van der Waals surface area contributed by atoms with Crippen molar-refractivity contribution in [1.29, 1.82) is 0 Å². The molecule has 2 atom stereocenters. The van der Waals surface area contributed by atoms with Gasteiger partial charge in [-0.3, -0.25) is 4.40 Å². The van der Waals surface area contributed by atoms with Crippen molar-refractivity contribution in [3.05, 3.63) is 102 Å². The quantitative estimate of drug-likeness (QED) is 0.280. The summed E-state index contributed by atoms with van der Waals surface area (Å²) >= 11 is 0. The Morgan fingerprint density at radius 3 is 2.59 bits per heavy atom. The minimum absolute atomic E-state index is 0.119.